The Morgan fingerprint density at radius 2 is 1.76 bits per heavy atom. The van der Waals surface area contributed by atoms with E-state index in [9.17, 15) is 19.3 Å². The van der Waals surface area contributed by atoms with E-state index in [0.717, 1.165) is 4.90 Å². The van der Waals surface area contributed by atoms with Gasteiger partial charge in [-0.1, -0.05) is 12.1 Å². The van der Waals surface area contributed by atoms with Crippen LogP contribution in [0.15, 0.2) is 24.3 Å². The molecule has 1 N–H and O–H groups in total. The number of β-amino-alcohol motifs (C(OH)–C–C–N with tert-alkyl or cyclic N) is 1. The monoisotopic (exact) mass is 311 g/mol. The van der Waals surface area contributed by atoms with Gasteiger partial charge >= 0.3 is 0 Å². The van der Waals surface area contributed by atoms with E-state index < -0.39 is 25.3 Å². The van der Waals surface area contributed by atoms with Crippen LogP contribution in [0.5, 0.6) is 0 Å². The van der Waals surface area contributed by atoms with Crippen molar-refractivity contribution in [2.45, 2.75) is 13.0 Å². The van der Waals surface area contributed by atoms with Gasteiger partial charge in [0.25, 0.3) is 11.8 Å². The van der Waals surface area contributed by atoms with E-state index in [1.807, 2.05) is 0 Å². The number of carbonyl (C=O) groups excluding carboxylic acids is 2. The molecule has 0 aromatic heterocycles. The molecule has 0 saturated carbocycles. The van der Waals surface area contributed by atoms with Gasteiger partial charge in [-0.3, -0.25) is 19.1 Å². The molecule has 2 rings (SSSR count). The van der Waals surface area contributed by atoms with Crippen molar-refractivity contribution >= 4 is 19.2 Å². The quantitative estimate of drug-likeness (QED) is 0.637. The largest absolute Gasteiger partial charge is 0.391 e. The van der Waals surface area contributed by atoms with Crippen LogP contribution < -0.4 is 0 Å². The van der Waals surface area contributed by atoms with Crippen molar-refractivity contribution < 1.29 is 23.8 Å². The molecule has 1 aromatic rings. The second kappa shape index (κ2) is 6.10. The third-order valence-electron chi connectivity index (χ3n) is 3.22. The molecule has 1 heterocycles. The van der Waals surface area contributed by atoms with E-state index >= 15 is 0 Å². The maximum absolute atomic E-state index is 12.1. The van der Waals surface area contributed by atoms with Gasteiger partial charge in [-0.05, 0) is 19.1 Å². The van der Waals surface area contributed by atoms with Crippen molar-refractivity contribution in [3.63, 3.8) is 0 Å². The molecule has 21 heavy (non-hydrogen) atoms. The van der Waals surface area contributed by atoms with Gasteiger partial charge in [0.05, 0.1) is 36.5 Å². The lowest BCUT2D eigenvalue weighted by molar-refractivity contribution is 0.0562. The predicted molar refractivity (Wildman–Crippen MR) is 77.8 cm³/mol. The maximum atomic E-state index is 12.1. The predicted octanol–water partition coefficient (Wildman–Crippen LogP) is 1.59. The number of fused-ring (bicyclic) bond motifs is 1. The highest BCUT2D eigenvalue weighted by Crippen LogP contribution is 2.43. The summed E-state index contributed by atoms with van der Waals surface area (Å²) in [6, 6.07) is 6.51. The molecule has 0 radical (unpaired) electrons. The van der Waals surface area contributed by atoms with Gasteiger partial charge < -0.3 is 9.63 Å². The Balaban J connectivity index is 2.07. The molecule has 2 amide bonds. The van der Waals surface area contributed by atoms with Crippen molar-refractivity contribution in [2.24, 2.45) is 0 Å². The van der Waals surface area contributed by atoms with Crippen molar-refractivity contribution in [2.75, 3.05) is 26.0 Å². The highest BCUT2D eigenvalue weighted by molar-refractivity contribution is 7.58. The summed E-state index contributed by atoms with van der Waals surface area (Å²) < 4.78 is 17.1. The molecule has 0 fully saturated rings. The molecule has 0 aliphatic carbocycles. The Bertz CT molecular complexity index is 580. The fourth-order valence-electron chi connectivity index (χ4n) is 2.38. The van der Waals surface area contributed by atoms with Gasteiger partial charge in [0.2, 0.25) is 7.37 Å². The van der Waals surface area contributed by atoms with Gasteiger partial charge in [0.15, 0.2) is 0 Å². The smallest absolute Gasteiger partial charge is 0.261 e. The number of carbonyl (C=O) groups is 2. The van der Waals surface area contributed by atoms with Crippen LogP contribution >= 0.6 is 7.37 Å². The molecule has 6 nitrogen and oxygen atoms in total. The van der Waals surface area contributed by atoms with Crippen LogP contribution in [0.25, 0.3) is 0 Å². The minimum Gasteiger partial charge on any atom is -0.391 e. The van der Waals surface area contributed by atoms with Gasteiger partial charge in [-0.25, -0.2) is 0 Å². The molecule has 1 aliphatic rings. The number of hydrogen-bond donors (Lipinski definition) is 1. The zero-order chi connectivity index (χ0) is 15.6. The summed E-state index contributed by atoms with van der Waals surface area (Å²) in [6.07, 6.45) is -1.16. The summed E-state index contributed by atoms with van der Waals surface area (Å²) in [5, 5.41) is 9.99. The number of benzene rings is 1. The number of aliphatic hydroxyl groups excluding tert-OH is 1. The zero-order valence-electron chi connectivity index (χ0n) is 12.0. The molecule has 0 saturated heterocycles. The van der Waals surface area contributed by atoms with Crippen LogP contribution in [0.4, 0.5) is 0 Å². The fraction of sp³-hybridized carbons (Fsp3) is 0.429. The molecule has 1 aliphatic heterocycles. The Hall–Kier alpha value is -1.49. The summed E-state index contributed by atoms with van der Waals surface area (Å²) in [7, 11) is -2.92. The Kier molecular flexibility index (Phi) is 4.61. The van der Waals surface area contributed by atoms with Crippen molar-refractivity contribution in [1.82, 2.24) is 4.90 Å². The van der Waals surface area contributed by atoms with E-state index in [4.69, 9.17) is 4.52 Å². The number of rotatable bonds is 6. The number of amides is 2. The van der Waals surface area contributed by atoms with Crippen molar-refractivity contribution in [3.8, 4) is 0 Å². The zero-order valence-corrected chi connectivity index (χ0v) is 12.9. The second-order valence-electron chi connectivity index (χ2n) is 5.03. The fourth-order valence-corrected chi connectivity index (χ4v) is 3.91. The Labute approximate surface area is 123 Å². The normalized spacial score (nSPS) is 18.5. The highest BCUT2D eigenvalue weighted by Gasteiger charge is 2.36. The minimum atomic E-state index is -2.92. The molecule has 0 spiro atoms. The van der Waals surface area contributed by atoms with E-state index in [0.29, 0.717) is 11.1 Å². The van der Waals surface area contributed by atoms with E-state index in [2.05, 4.69) is 0 Å². The summed E-state index contributed by atoms with van der Waals surface area (Å²) in [5.74, 6) is -0.867. The average Bonchev–Trinajstić information content (AvgIpc) is 2.64. The molecule has 114 valence electrons. The number of nitrogens with zero attached hydrogens (tertiary/aromatic N) is 1. The Morgan fingerprint density at radius 1 is 1.24 bits per heavy atom. The highest BCUT2D eigenvalue weighted by atomic mass is 31.2. The number of hydrogen-bond acceptors (Lipinski definition) is 5. The maximum Gasteiger partial charge on any atom is 0.261 e. The lowest BCUT2D eigenvalue weighted by Crippen LogP contribution is -2.38. The van der Waals surface area contributed by atoms with Crippen LogP contribution in [0.3, 0.4) is 0 Å². The second-order valence-corrected chi connectivity index (χ2v) is 7.69. The van der Waals surface area contributed by atoms with E-state index in [1.54, 1.807) is 31.2 Å². The Morgan fingerprint density at radius 3 is 2.24 bits per heavy atom. The summed E-state index contributed by atoms with van der Waals surface area (Å²) in [4.78, 5) is 25.2. The molecule has 2 atom stereocenters. The first-order chi connectivity index (χ1) is 9.85. The number of aliphatic hydroxyl groups is 1. The first kappa shape index (κ1) is 15.9. The summed E-state index contributed by atoms with van der Waals surface area (Å²) in [5.41, 5.74) is 0.665. The first-order valence-electron chi connectivity index (χ1n) is 6.70. The average molecular weight is 311 g/mol. The van der Waals surface area contributed by atoms with Crippen LogP contribution in [0.2, 0.25) is 0 Å². The lowest BCUT2D eigenvalue weighted by Gasteiger charge is -2.21. The third kappa shape index (κ3) is 3.40. The molecule has 0 bridgehead atoms. The topological polar surface area (TPSA) is 83.9 Å². The minimum absolute atomic E-state index is 0.0890. The van der Waals surface area contributed by atoms with E-state index in [1.165, 1.54) is 6.66 Å². The third-order valence-corrected chi connectivity index (χ3v) is 5.11. The van der Waals surface area contributed by atoms with Crippen molar-refractivity contribution in [3.05, 3.63) is 35.4 Å². The van der Waals surface area contributed by atoms with Crippen LogP contribution in [-0.2, 0) is 9.09 Å². The van der Waals surface area contributed by atoms with Gasteiger partial charge in [0, 0.05) is 6.66 Å². The SMILES string of the molecule is CCO[P@@](C)(=O)C[C@H](O)CN1C(=O)c2ccccc2C1=O. The molecule has 7 heteroatoms. The summed E-state index contributed by atoms with van der Waals surface area (Å²) in [6.45, 7) is 3.25. The first-order valence-corrected chi connectivity index (χ1v) is 8.96. The van der Waals surface area contributed by atoms with Crippen molar-refractivity contribution in [1.29, 1.82) is 0 Å². The molecular formula is C14H18NO5P. The molecule has 0 unspecified atom stereocenters. The van der Waals surface area contributed by atoms with Gasteiger partial charge in [0.1, 0.15) is 0 Å². The molecular weight excluding hydrogens is 293 g/mol. The van der Waals surface area contributed by atoms with Crippen LogP contribution in [0, 0.1) is 0 Å². The van der Waals surface area contributed by atoms with Crippen LogP contribution in [0.1, 0.15) is 27.6 Å². The summed E-state index contributed by atoms with van der Waals surface area (Å²) >= 11 is 0. The van der Waals surface area contributed by atoms with E-state index in [-0.39, 0.29) is 19.3 Å². The van der Waals surface area contributed by atoms with Crippen LogP contribution in [-0.4, -0.2) is 53.9 Å². The lowest BCUT2D eigenvalue weighted by atomic mass is 10.1. The molecule has 1 aromatic carbocycles. The number of imide groups is 1. The van der Waals surface area contributed by atoms with Gasteiger partial charge in [-0.15, -0.1) is 0 Å². The standard InChI is InChI=1S/C14H18NO5P/c1-3-20-21(2,19)9-10(16)8-15-13(17)11-6-4-5-7-12(11)14(15)18/h4-7,10,16H,3,8-9H2,1-2H3/t10-,21-/m1/s1. The van der Waals surface area contributed by atoms with Gasteiger partial charge in [-0.2, -0.15) is 0 Å².